The minimum absolute atomic E-state index is 0.0666. The molecule has 0 saturated heterocycles. The van der Waals surface area contributed by atoms with E-state index in [1.54, 1.807) is 0 Å². The third kappa shape index (κ3) is 3.69. The summed E-state index contributed by atoms with van der Waals surface area (Å²) < 4.78 is 76.9. The molecule has 0 aliphatic heterocycles. The van der Waals surface area contributed by atoms with Crippen LogP contribution >= 0.6 is 11.3 Å². The van der Waals surface area contributed by atoms with E-state index in [4.69, 9.17) is 0 Å². The molecule has 1 fully saturated rings. The summed E-state index contributed by atoms with van der Waals surface area (Å²) in [5, 5.41) is 3.54. The smallest absolute Gasteiger partial charge is 0.351 e. The lowest BCUT2D eigenvalue weighted by molar-refractivity contribution is -0.141. The second-order valence-electron chi connectivity index (χ2n) is 6.04. The maximum atomic E-state index is 13.0. The highest BCUT2D eigenvalue weighted by Gasteiger charge is 2.48. The van der Waals surface area contributed by atoms with Crippen molar-refractivity contribution < 1.29 is 31.1 Å². The zero-order valence-electron chi connectivity index (χ0n) is 13.0. The summed E-state index contributed by atoms with van der Waals surface area (Å²) in [5.41, 5.74) is -3.32. The summed E-state index contributed by atoms with van der Waals surface area (Å²) >= 11 is 0.838. The van der Waals surface area contributed by atoms with Crippen LogP contribution < -0.4 is 5.32 Å². The fourth-order valence-electron chi connectivity index (χ4n) is 2.54. The normalized spacial score (nSPS) is 16.4. The van der Waals surface area contributed by atoms with Crippen molar-refractivity contribution in [3.05, 3.63) is 51.5 Å². The lowest BCUT2D eigenvalue weighted by Gasteiger charge is -2.16. The van der Waals surface area contributed by atoms with E-state index in [1.165, 1.54) is 12.1 Å². The second kappa shape index (κ2) is 6.26. The monoisotopic (exact) mass is 394 g/mol. The molecule has 3 nitrogen and oxygen atoms in total. The van der Waals surface area contributed by atoms with E-state index in [0.29, 0.717) is 12.8 Å². The van der Waals surface area contributed by atoms with E-state index in [-0.39, 0.29) is 11.6 Å². The van der Waals surface area contributed by atoms with Gasteiger partial charge < -0.3 is 5.32 Å². The number of aromatic nitrogens is 1. The fraction of sp³-hybridized carbons (Fsp3) is 0.375. The maximum Gasteiger partial charge on any atom is 0.434 e. The van der Waals surface area contributed by atoms with Crippen molar-refractivity contribution in [1.29, 1.82) is 0 Å². The molecule has 0 bridgehead atoms. The number of carbonyl (C=O) groups is 1. The second-order valence-corrected chi connectivity index (χ2v) is 6.90. The minimum atomic E-state index is -4.68. The molecule has 10 heteroatoms. The molecular weight excluding hydrogens is 382 g/mol. The summed E-state index contributed by atoms with van der Waals surface area (Å²) in [5.74, 6) is -0.920. The Kier molecular flexibility index (Phi) is 4.50. The SMILES string of the molecule is O=C(NCC1(c2nc(C(F)(F)F)cs2)CC1)c1ccccc1C(F)(F)F. The third-order valence-electron chi connectivity index (χ3n) is 4.17. The summed E-state index contributed by atoms with van der Waals surface area (Å²) in [6.07, 6.45) is -8.21. The molecule has 1 aliphatic carbocycles. The number of benzene rings is 1. The van der Waals surface area contributed by atoms with E-state index in [9.17, 15) is 31.1 Å². The van der Waals surface area contributed by atoms with Gasteiger partial charge in [-0.2, -0.15) is 26.3 Å². The lowest BCUT2D eigenvalue weighted by atomic mass is 10.1. The molecule has 0 unspecified atom stereocenters. The Labute approximate surface area is 148 Å². The molecule has 1 saturated carbocycles. The first-order valence-electron chi connectivity index (χ1n) is 7.51. The van der Waals surface area contributed by atoms with E-state index in [0.717, 1.165) is 28.8 Å². The molecule has 0 spiro atoms. The largest absolute Gasteiger partial charge is 0.434 e. The van der Waals surface area contributed by atoms with Gasteiger partial charge in [0, 0.05) is 17.3 Å². The minimum Gasteiger partial charge on any atom is -0.351 e. The number of carbonyl (C=O) groups excluding carboxylic acids is 1. The molecule has 140 valence electrons. The molecule has 1 aliphatic rings. The van der Waals surface area contributed by atoms with Crippen molar-refractivity contribution in [3.63, 3.8) is 0 Å². The van der Waals surface area contributed by atoms with Crippen LogP contribution in [0.4, 0.5) is 26.3 Å². The van der Waals surface area contributed by atoms with E-state index < -0.39 is 40.5 Å². The van der Waals surface area contributed by atoms with Crippen LogP contribution in [0.3, 0.4) is 0 Å². The highest BCUT2D eigenvalue weighted by atomic mass is 32.1. The zero-order valence-corrected chi connectivity index (χ0v) is 13.9. The van der Waals surface area contributed by atoms with Crippen LogP contribution in [0.5, 0.6) is 0 Å². The van der Waals surface area contributed by atoms with Gasteiger partial charge in [-0.15, -0.1) is 11.3 Å². The van der Waals surface area contributed by atoms with Crippen LogP contribution in [0.2, 0.25) is 0 Å². The maximum absolute atomic E-state index is 13.0. The number of hydrogen-bond acceptors (Lipinski definition) is 3. The molecule has 0 radical (unpaired) electrons. The van der Waals surface area contributed by atoms with Crippen LogP contribution in [0.1, 0.15) is 39.5 Å². The zero-order chi connectivity index (χ0) is 19.2. The molecule has 3 rings (SSSR count). The van der Waals surface area contributed by atoms with Crippen molar-refractivity contribution in [3.8, 4) is 0 Å². The molecule has 1 N–H and O–H groups in total. The van der Waals surface area contributed by atoms with Gasteiger partial charge in [-0.25, -0.2) is 4.98 Å². The Morgan fingerprint density at radius 2 is 1.77 bits per heavy atom. The summed E-state index contributed by atoms with van der Waals surface area (Å²) in [6, 6.07) is 4.35. The van der Waals surface area contributed by atoms with Crippen LogP contribution in [-0.2, 0) is 17.8 Å². The molecule has 1 amide bonds. The Morgan fingerprint density at radius 1 is 1.12 bits per heavy atom. The Morgan fingerprint density at radius 3 is 2.31 bits per heavy atom. The molecule has 1 aromatic heterocycles. The van der Waals surface area contributed by atoms with Gasteiger partial charge in [-0.05, 0) is 25.0 Å². The van der Waals surface area contributed by atoms with Crippen LogP contribution in [-0.4, -0.2) is 17.4 Å². The third-order valence-corrected chi connectivity index (χ3v) is 5.25. The quantitative estimate of drug-likeness (QED) is 0.768. The van der Waals surface area contributed by atoms with Gasteiger partial charge >= 0.3 is 12.4 Å². The van der Waals surface area contributed by atoms with Crippen LogP contribution in [0, 0.1) is 0 Å². The van der Waals surface area contributed by atoms with E-state index in [1.807, 2.05) is 0 Å². The first-order chi connectivity index (χ1) is 12.0. The average molecular weight is 394 g/mol. The highest BCUT2D eigenvalue weighted by Crippen LogP contribution is 2.49. The summed E-state index contributed by atoms with van der Waals surface area (Å²) in [6.45, 7) is -0.0666. The molecular formula is C16H12F6N2OS. The first kappa shape index (κ1) is 18.7. The summed E-state index contributed by atoms with van der Waals surface area (Å²) in [7, 11) is 0. The number of nitrogens with zero attached hydrogens (tertiary/aromatic N) is 1. The van der Waals surface area contributed by atoms with Gasteiger partial charge in [0.1, 0.15) is 5.01 Å². The predicted octanol–water partition coefficient (Wildman–Crippen LogP) is 4.64. The van der Waals surface area contributed by atoms with Gasteiger partial charge in [0.2, 0.25) is 0 Å². The number of amides is 1. The predicted molar refractivity (Wildman–Crippen MR) is 81.8 cm³/mol. The molecule has 1 heterocycles. The van der Waals surface area contributed by atoms with Crippen molar-refractivity contribution in [2.24, 2.45) is 0 Å². The molecule has 1 aromatic carbocycles. The number of hydrogen-bond donors (Lipinski definition) is 1. The van der Waals surface area contributed by atoms with Gasteiger partial charge in [-0.1, -0.05) is 12.1 Å². The standard InChI is InChI=1S/C16H12F6N2OS/c17-15(18,19)10-4-2-1-3-9(10)12(25)23-8-14(5-6-14)13-24-11(7-26-13)16(20,21)22/h1-4,7H,5-6,8H2,(H,23,25). The summed E-state index contributed by atoms with van der Waals surface area (Å²) in [4.78, 5) is 15.8. The number of thiazole rings is 1. The van der Waals surface area contributed by atoms with Gasteiger partial charge in [0.15, 0.2) is 5.69 Å². The van der Waals surface area contributed by atoms with Gasteiger partial charge in [-0.3, -0.25) is 4.79 Å². The Hall–Kier alpha value is -2.10. The molecule has 0 atom stereocenters. The van der Waals surface area contributed by atoms with Gasteiger partial charge in [0.05, 0.1) is 11.1 Å². The van der Waals surface area contributed by atoms with Crippen molar-refractivity contribution in [2.75, 3.05) is 6.54 Å². The lowest BCUT2D eigenvalue weighted by Crippen LogP contribution is -2.33. The highest BCUT2D eigenvalue weighted by molar-refractivity contribution is 7.09. The topological polar surface area (TPSA) is 42.0 Å². The number of rotatable bonds is 4. The number of nitrogens with one attached hydrogen (secondary N) is 1. The van der Waals surface area contributed by atoms with E-state index >= 15 is 0 Å². The fourth-order valence-corrected chi connectivity index (χ4v) is 3.62. The Bertz CT molecular complexity index is 823. The number of halogens is 6. The average Bonchev–Trinajstić information content (AvgIpc) is 3.16. The molecule has 26 heavy (non-hydrogen) atoms. The van der Waals surface area contributed by atoms with Crippen LogP contribution in [0.15, 0.2) is 29.6 Å². The molecule has 2 aromatic rings. The number of alkyl halides is 6. The van der Waals surface area contributed by atoms with Crippen LogP contribution in [0.25, 0.3) is 0 Å². The first-order valence-corrected chi connectivity index (χ1v) is 8.38. The van der Waals surface area contributed by atoms with Crippen molar-refractivity contribution in [2.45, 2.75) is 30.6 Å². The Balaban J connectivity index is 1.74. The van der Waals surface area contributed by atoms with Gasteiger partial charge in [0.25, 0.3) is 5.91 Å². The van der Waals surface area contributed by atoms with E-state index in [2.05, 4.69) is 10.3 Å². The van der Waals surface area contributed by atoms with Crippen molar-refractivity contribution in [1.82, 2.24) is 10.3 Å². The van der Waals surface area contributed by atoms with Crippen molar-refractivity contribution >= 4 is 17.2 Å².